The maximum Gasteiger partial charge on any atom is 0.253 e. The normalized spacial score (nSPS) is 32.7. The van der Waals surface area contributed by atoms with E-state index in [0.717, 1.165) is 41.7 Å². The number of rotatable bonds is 8. The standard InChI is InChI=1S/C43H50N4O4/c1-41-23-31(25-44)36(47-33-16-10-15-30(21-33)39(49)45-26-28-11-6-4-7-12-28)22-32(41)17-18-34-35-19-20-43(51-3,42(35,2)24-37(48)38(34)41)40(50)46-27-29-13-8-5-9-14-29/h4-16,21-22,25,34-35,37-38,48H,17-20,23-24,26-27,44H2,1-3H3,(H,45,49)(H,46,50)/t34?,35?,37?,38?,41?,42?,43-/m0/s1. The minimum absolute atomic E-state index is 0.0174. The maximum atomic E-state index is 14.0. The van der Waals surface area contributed by atoms with Gasteiger partial charge in [-0.3, -0.25) is 9.59 Å². The summed E-state index contributed by atoms with van der Waals surface area (Å²) >= 11 is 0. The number of nitrogens with two attached hydrogens (primary N) is 1. The molecule has 7 rings (SSSR count). The van der Waals surface area contributed by atoms with Gasteiger partial charge in [-0.05, 0) is 109 Å². The van der Waals surface area contributed by atoms with E-state index in [1.54, 1.807) is 19.4 Å². The Morgan fingerprint density at radius 1 is 0.961 bits per heavy atom. The molecule has 0 aliphatic heterocycles. The molecule has 0 bridgehead atoms. The monoisotopic (exact) mass is 686 g/mol. The van der Waals surface area contributed by atoms with Crippen LogP contribution in [0.4, 0.5) is 5.69 Å². The highest BCUT2D eigenvalue weighted by atomic mass is 16.5. The van der Waals surface area contributed by atoms with Crippen LogP contribution in [0.3, 0.4) is 0 Å². The van der Waals surface area contributed by atoms with Crippen molar-refractivity contribution in [1.82, 2.24) is 10.6 Å². The van der Waals surface area contributed by atoms with Crippen LogP contribution in [-0.2, 0) is 22.6 Å². The first-order valence-electron chi connectivity index (χ1n) is 18.3. The fourth-order valence-corrected chi connectivity index (χ4v) is 10.4. The van der Waals surface area contributed by atoms with Crippen LogP contribution >= 0.6 is 0 Å². The van der Waals surface area contributed by atoms with E-state index < -0.39 is 17.1 Å². The maximum absolute atomic E-state index is 14.0. The van der Waals surface area contributed by atoms with E-state index in [-0.39, 0.29) is 35.0 Å². The van der Waals surface area contributed by atoms with Gasteiger partial charge in [0.25, 0.3) is 11.8 Å². The second-order valence-electron chi connectivity index (χ2n) is 15.4. The number of fused-ring (bicyclic) bond motifs is 5. The molecule has 0 aromatic heterocycles. The molecule has 4 aliphatic carbocycles. The van der Waals surface area contributed by atoms with Gasteiger partial charge in [-0.1, -0.05) is 86.2 Å². The zero-order valence-electron chi connectivity index (χ0n) is 29.9. The van der Waals surface area contributed by atoms with Crippen molar-refractivity contribution < 1.29 is 19.4 Å². The van der Waals surface area contributed by atoms with E-state index in [0.29, 0.717) is 43.6 Å². The third-order valence-corrected chi connectivity index (χ3v) is 12.9. The number of ether oxygens (including phenoxy) is 1. The lowest BCUT2D eigenvalue weighted by atomic mass is 9.45. The number of carbonyl (C=O) groups excluding carboxylic acids is 2. The zero-order chi connectivity index (χ0) is 35.8. The summed E-state index contributed by atoms with van der Waals surface area (Å²) < 4.78 is 6.24. The van der Waals surface area contributed by atoms with Gasteiger partial charge in [-0.2, -0.15) is 0 Å². The van der Waals surface area contributed by atoms with E-state index in [1.165, 1.54) is 5.57 Å². The molecular weight excluding hydrogens is 636 g/mol. The summed E-state index contributed by atoms with van der Waals surface area (Å²) in [6.45, 7) is 5.35. The van der Waals surface area contributed by atoms with Crippen molar-refractivity contribution in [1.29, 1.82) is 0 Å². The van der Waals surface area contributed by atoms with E-state index in [9.17, 15) is 14.7 Å². The third-order valence-electron chi connectivity index (χ3n) is 12.9. The number of allylic oxidation sites excluding steroid dienone is 3. The van der Waals surface area contributed by atoms with Gasteiger partial charge < -0.3 is 26.2 Å². The lowest BCUT2D eigenvalue weighted by molar-refractivity contribution is -0.188. The number of nitrogens with zero attached hydrogens (tertiary/aromatic N) is 1. The largest absolute Gasteiger partial charge is 0.404 e. The van der Waals surface area contributed by atoms with Crippen LogP contribution in [0.5, 0.6) is 0 Å². The van der Waals surface area contributed by atoms with Crippen LogP contribution in [0.15, 0.2) is 113 Å². The summed E-state index contributed by atoms with van der Waals surface area (Å²) in [5.41, 5.74) is 10.8. The first-order chi connectivity index (χ1) is 24.6. The van der Waals surface area contributed by atoms with Crippen LogP contribution in [0.1, 0.15) is 73.9 Å². The van der Waals surface area contributed by atoms with Gasteiger partial charge in [0, 0.05) is 31.2 Å². The van der Waals surface area contributed by atoms with Gasteiger partial charge in [-0.25, -0.2) is 4.99 Å². The Morgan fingerprint density at radius 3 is 2.31 bits per heavy atom. The number of aliphatic imine (C=N–C) groups is 1. The van der Waals surface area contributed by atoms with Crippen molar-refractivity contribution in [3.8, 4) is 0 Å². The molecule has 51 heavy (non-hydrogen) atoms. The number of hydrogen-bond donors (Lipinski definition) is 4. The SMILES string of the molecule is CO[C@]1(C(=O)NCc2ccccc2)CCC2C3CCC4=CC(=Nc5cccc(C(=O)NCc6ccccc6)c5)C(=CN)CC4(C)C3C(O)CC21C. The summed E-state index contributed by atoms with van der Waals surface area (Å²) in [5, 5.41) is 18.3. The molecule has 5 N–H and O–H groups in total. The molecule has 8 nitrogen and oxygen atoms in total. The van der Waals surface area contributed by atoms with Crippen molar-refractivity contribution in [2.75, 3.05) is 7.11 Å². The van der Waals surface area contributed by atoms with Gasteiger partial charge in [-0.15, -0.1) is 0 Å². The highest BCUT2D eigenvalue weighted by Crippen LogP contribution is 2.68. The Labute approximate surface area is 301 Å². The predicted octanol–water partition coefficient (Wildman–Crippen LogP) is 6.78. The number of amides is 2. The first kappa shape index (κ1) is 34.9. The number of methoxy groups -OCH3 is 1. The summed E-state index contributed by atoms with van der Waals surface area (Å²) in [4.78, 5) is 32.1. The number of hydrogen-bond acceptors (Lipinski definition) is 6. The van der Waals surface area contributed by atoms with Crippen LogP contribution in [0.2, 0.25) is 0 Å². The molecule has 266 valence electrons. The Kier molecular flexibility index (Phi) is 9.50. The molecule has 3 aromatic carbocycles. The molecule has 3 aromatic rings. The molecule has 6 unspecified atom stereocenters. The van der Waals surface area contributed by atoms with Gasteiger partial charge in [0.15, 0.2) is 5.60 Å². The minimum atomic E-state index is -1.00. The molecule has 4 aliphatic rings. The van der Waals surface area contributed by atoms with E-state index in [2.05, 4.69) is 30.6 Å². The number of nitrogens with one attached hydrogen (secondary N) is 2. The van der Waals surface area contributed by atoms with Crippen molar-refractivity contribution in [2.45, 2.75) is 77.2 Å². The molecule has 3 saturated carbocycles. The molecule has 0 heterocycles. The number of benzene rings is 3. The second kappa shape index (κ2) is 13.9. The van der Waals surface area contributed by atoms with Crippen LogP contribution in [0.25, 0.3) is 0 Å². The quantitative estimate of drug-likeness (QED) is 0.208. The highest BCUT2D eigenvalue weighted by molar-refractivity contribution is 6.11. The lowest BCUT2D eigenvalue weighted by Gasteiger charge is -2.61. The Bertz CT molecular complexity index is 1870. The van der Waals surface area contributed by atoms with Gasteiger partial charge in [0.1, 0.15) is 0 Å². The summed E-state index contributed by atoms with van der Waals surface area (Å²) in [6.07, 6.45) is 7.71. The molecule has 0 spiro atoms. The average molecular weight is 687 g/mol. The Morgan fingerprint density at radius 2 is 1.65 bits per heavy atom. The van der Waals surface area contributed by atoms with Crippen molar-refractivity contribution in [3.05, 3.63) is 125 Å². The predicted molar refractivity (Wildman–Crippen MR) is 200 cm³/mol. The highest BCUT2D eigenvalue weighted by Gasteiger charge is 2.69. The molecule has 7 atom stereocenters. The molecular formula is C43H50N4O4. The minimum Gasteiger partial charge on any atom is -0.404 e. The van der Waals surface area contributed by atoms with Crippen LogP contribution < -0.4 is 16.4 Å². The smallest absolute Gasteiger partial charge is 0.253 e. The van der Waals surface area contributed by atoms with Crippen molar-refractivity contribution in [3.63, 3.8) is 0 Å². The van der Waals surface area contributed by atoms with Gasteiger partial charge in [0.05, 0.1) is 17.5 Å². The van der Waals surface area contributed by atoms with Crippen molar-refractivity contribution in [2.24, 2.45) is 39.3 Å². The summed E-state index contributed by atoms with van der Waals surface area (Å²) in [7, 11) is 1.66. The van der Waals surface area contributed by atoms with E-state index >= 15 is 0 Å². The Hall–Kier alpha value is -4.53. The van der Waals surface area contributed by atoms with Crippen molar-refractivity contribution >= 4 is 23.2 Å². The van der Waals surface area contributed by atoms with Gasteiger partial charge >= 0.3 is 0 Å². The second-order valence-corrected chi connectivity index (χ2v) is 15.4. The molecule has 2 amide bonds. The first-order valence-corrected chi connectivity index (χ1v) is 18.3. The fourth-order valence-electron chi connectivity index (χ4n) is 10.4. The van der Waals surface area contributed by atoms with E-state index in [4.69, 9.17) is 15.5 Å². The zero-order valence-corrected chi connectivity index (χ0v) is 29.9. The van der Waals surface area contributed by atoms with Crippen LogP contribution in [-0.4, -0.2) is 41.4 Å². The molecule has 3 fully saturated rings. The summed E-state index contributed by atoms with van der Waals surface area (Å²) in [5.74, 6) is 0.256. The number of aliphatic hydroxyl groups excluding tert-OH is 1. The lowest BCUT2D eigenvalue weighted by Crippen LogP contribution is -2.64. The van der Waals surface area contributed by atoms with E-state index in [1.807, 2.05) is 78.9 Å². The number of aliphatic hydroxyl groups is 1. The fraction of sp³-hybridized carbons (Fsp3) is 0.419. The number of carbonyl (C=O) groups is 2. The summed E-state index contributed by atoms with van der Waals surface area (Å²) in [6, 6.07) is 27.2. The molecule has 0 radical (unpaired) electrons. The molecule has 8 heteroatoms. The third kappa shape index (κ3) is 6.12. The molecule has 0 saturated heterocycles. The average Bonchev–Trinajstić information content (AvgIpc) is 3.45. The Balaban J connectivity index is 1.12. The topological polar surface area (TPSA) is 126 Å². The van der Waals surface area contributed by atoms with Gasteiger partial charge in [0.2, 0.25) is 0 Å². The van der Waals surface area contributed by atoms with Crippen LogP contribution in [0, 0.1) is 28.6 Å².